The molecule has 1 aromatic carbocycles. The van der Waals surface area contributed by atoms with Crippen LogP contribution in [0.5, 0.6) is 0 Å². The Morgan fingerprint density at radius 2 is 2.12 bits per heavy atom. The summed E-state index contributed by atoms with van der Waals surface area (Å²) in [6, 6.07) is 7.79. The monoisotopic (exact) mass is 222 g/mol. The van der Waals surface area contributed by atoms with Gasteiger partial charge < -0.3 is 15.4 Å². The third-order valence-electron chi connectivity index (χ3n) is 2.13. The molecule has 0 aromatic heterocycles. The molecule has 0 aliphatic heterocycles. The molecule has 16 heavy (non-hydrogen) atoms. The topological polar surface area (TPSA) is 50.4 Å². The Labute approximate surface area is 96.0 Å². The van der Waals surface area contributed by atoms with Crippen LogP contribution >= 0.6 is 0 Å². The lowest BCUT2D eigenvalue weighted by molar-refractivity contribution is -0.119. The molecule has 4 nitrogen and oxygen atoms in total. The average molecular weight is 222 g/mol. The van der Waals surface area contributed by atoms with Crippen LogP contribution in [0.3, 0.4) is 0 Å². The molecular weight excluding hydrogens is 204 g/mol. The van der Waals surface area contributed by atoms with Crippen LogP contribution in [-0.4, -0.2) is 26.1 Å². The van der Waals surface area contributed by atoms with Crippen LogP contribution in [0.15, 0.2) is 24.3 Å². The maximum absolute atomic E-state index is 11.3. The van der Waals surface area contributed by atoms with Gasteiger partial charge in [0.05, 0.1) is 13.2 Å². The fourth-order valence-electron chi connectivity index (χ4n) is 1.41. The molecule has 1 amide bonds. The van der Waals surface area contributed by atoms with Crippen molar-refractivity contribution in [2.45, 2.75) is 13.5 Å². The number of anilines is 1. The molecule has 0 aliphatic rings. The number of hydrogen-bond acceptors (Lipinski definition) is 3. The van der Waals surface area contributed by atoms with E-state index in [1.165, 1.54) is 0 Å². The lowest BCUT2D eigenvalue weighted by atomic mass is 10.2. The van der Waals surface area contributed by atoms with Crippen molar-refractivity contribution in [1.29, 1.82) is 0 Å². The first-order valence-electron chi connectivity index (χ1n) is 5.35. The molecule has 0 unspecified atom stereocenters. The molecule has 88 valence electrons. The zero-order valence-corrected chi connectivity index (χ0v) is 9.75. The van der Waals surface area contributed by atoms with Crippen LogP contribution in [-0.2, 0) is 16.1 Å². The number of benzene rings is 1. The van der Waals surface area contributed by atoms with Gasteiger partial charge in [-0.3, -0.25) is 4.79 Å². The Kier molecular flexibility index (Phi) is 5.36. The second-order valence-electron chi connectivity index (χ2n) is 3.40. The average Bonchev–Trinajstić information content (AvgIpc) is 2.29. The van der Waals surface area contributed by atoms with E-state index in [-0.39, 0.29) is 12.5 Å². The molecule has 2 N–H and O–H groups in total. The van der Waals surface area contributed by atoms with Gasteiger partial charge in [0.2, 0.25) is 5.91 Å². The summed E-state index contributed by atoms with van der Waals surface area (Å²) in [5.41, 5.74) is 1.99. The molecule has 0 aliphatic carbocycles. The van der Waals surface area contributed by atoms with Gasteiger partial charge in [-0.1, -0.05) is 18.2 Å². The predicted molar refractivity (Wildman–Crippen MR) is 64.3 cm³/mol. The SMILES string of the molecule is CCNC(=O)CNc1ccccc1COC. The van der Waals surface area contributed by atoms with Gasteiger partial charge in [-0.05, 0) is 13.0 Å². The minimum Gasteiger partial charge on any atom is -0.380 e. The summed E-state index contributed by atoms with van der Waals surface area (Å²) in [5.74, 6) is -0.00489. The summed E-state index contributed by atoms with van der Waals surface area (Å²) in [6.45, 7) is 3.38. The van der Waals surface area contributed by atoms with E-state index in [2.05, 4.69) is 10.6 Å². The van der Waals surface area contributed by atoms with Crippen LogP contribution < -0.4 is 10.6 Å². The van der Waals surface area contributed by atoms with Gasteiger partial charge in [-0.2, -0.15) is 0 Å². The lowest BCUT2D eigenvalue weighted by Crippen LogP contribution is -2.29. The Bertz CT molecular complexity index is 340. The molecule has 1 aromatic rings. The molecule has 0 saturated carbocycles. The van der Waals surface area contributed by atoms with Crippen LogP contribution in [0, 0.1) is 0 Å². The largest absolute Gasteiger partial charge is 0.380 e. The highest BCUT2D eigenvalue weighted by Crippen LogP contribution is 2.15. The molecule has 0 heterocycles. The van der Waals surface area contributed by atoms with Gasteiger partial charge in [0.15, 0.2) is 0 Å². The van der Waals surface area contributed by atoms with Crippen molar-refractivity contribution in [2.24, 2.45) is 0 Å². The number of nitrogens with one attached hydrogen (secondary N) is 2. The van der Waals surface area contributed by atoms with Crippen molar-refractivity contribution >= 4 is 11.6 Å². The molecule has 1 rings (SSSR count). The molecule has 0 radical (unpaired) electrons. The normalized spacial score (nSPS) is 9.88. The van der Waals surface area contributed by atoms with E-state index in [0.717, 1.165) is 11.3 Å². The Hall–Kier alpha value is -1.55. The lowest BCUT2D eigenvalue weighted by Gasteiger charge is -2.11. The highest BCUT2D eigenvalue weighted by Gasteiger charge is 2.03. The summed E-state index contributed by atoms with van der Waals surface area (Å²) in [7, 11) is 1.65. The first-order valence-corrected chi connectivity index (χ1v) is 5.35. The predicted octanol–water partition coefficient (Wildman–Crippen LogP) is 1.38. The van der Waals surface area contributed by atoms with Gasteiger partial charge in [-0.15, -0.1) is 0 Å². The van der Waals surface area contributed by atoms with Crippen molar-refractivity contribution in [3.63, 3.8) is 0 Å². The quantitative estimate of drug-likeness (QED) is 0.764. The van der Waals surface area contributed by atoms with E-state index in [1.54, 1.807) is 7.11 Å². The van der Waals surface area contributed by atoms with Crippen LogP contribution in [0.25, 0.3) is 0 Å². The summed E-state index contributed by atoms with van der Waals surface area (Å²) >= 11 is 0. The van der Waals surface area contributed by atoms with Gasteiger partial charge in [0.1, 0.15) is 0 Å². The van der Waals surface area contributed by atoms with Crippen molar-refractivity contribution in [2.75, 3.05) is 25.5 Å². The van der Waals surface area contributed by atoms with E-state index < -0.39 is 0 Å². The van der Waals surface area contributed by atoms with Crippen molar-refractivity contribution in [3.05, 3.63) is 29.8 Å². The zero-order valence-electron chi connectivity index (χ0n) is 9.75. The van der Waals surface area contributed by atoms with Gasteiger partial charge in [-0.25, -0.2) is 0 Å². The minimum atomic E-state index is -0.00489. The third-order valence-corrected chi connectivity index (χ3v) is 2.13. The zero-order chi connectivity index (χ0) is 11.8. The third kappa shape index (κ3) is 3.90. The minimum absolute atomic E-state index is 0.00489. The highest BCUT2D eigenvalue weighted by molar-refractivity contribution is 5.80. The number of ether oxygens (including phenoxy) is 1. The summed E-state index contributed by atoms with van der Waals surface area (Å²) < 4.78 is 5.08. The molecule has 0 saturated heterocycles. The smallest absolute Gasteiger partial charge is 0.239 e. The first-order chi connectivity index (χ1) is 7.77. The standard InChI is InChI=1S/C12H18N2O2/c1-3-13-12(15)8-14-11-7-5-4-6-10(11)9-16-2/h4-7,14H,3,8-9H2,1-2H3,(H,13,15). The van der Waals surface area contributed by atoms with E-state index >= 15 is 0 Å². The van der Waals surface area contributed by atoms with E-state index in [0.29, 0.717) is 13.2 Å². The maximum atomic E-state index is 11.3. The van der Waals surface area contributed by atoms with Crippen LogP contribution in [0.4, 0.5) is 5.69 Å². The summed E-state index contributed by atoms with van der Waals surface area (Å²) in [6.07, 6.45) is 0. The summed E-state index contributed by atoms with van der Waals surface area (Å²) in [5, 5.41) is 5.83. The second kappa shape index (κ2) is 6.85. The number of hydrogen-bond donors (Lipinski definition) is 2. The van der Waals surface area contributed by atoms with Crippen molar-refractivity contribution in [3.8, 4) is 0 Å². The molecule has 4 heteroatoms. The number of amides is 1. The fourth-order valence-corrected chi connectivity index (χ4v) is 1.41. The van der Waals surface area contributed by atoms with Gasteiger partial charge >= 0.3 is 0 Å². The Balaban J connectivity index is 2.55. The molecular formula is C12H18N2O2. The number of carbonyl (C=O) groups is 1. The van der Waals surface area contributed by atoms with Crippen molar-refractivity contribution in [1.82, 2.24) is 5.32 Å². The first kappa shape index (κ1) is 12.5. The number of likely N-dealkylation sites (N-methyl/N-ethyl adjacent to an activating group) is 1. The van der Waals surface area contributed by atoms with E-state index in [4.69, 9.17) is 4.74 Å². The number of methoxy groups -OCH3 is 1. The number of rotatable bonds is 6. The fraction of sp³-hybridized carbons (Fsp3) is 0.417. The molecule has 0 spiro atoms. The van der Waals surface area contributed by atoms with Crippen molar-refractivity contribution < 1.29 is 9.53 Å². The summed E-state index contributed by atoms with van der Waals surface area (Å²) in [4.78, 5) is 11.3. The Morgan fingerprint density at radius 1 is 1.38 bits per heavy atom. The van der Waals surface area contributed by atoms with Crippen LogP contribution in [0.1, 0.15) is 12.5 Å². The van der Waals surface area contributed by atoms with E-state index in [9.17, 15) is 4.79 Å². The molecule has 0 fully saturated rings. The number of para-hydroxylation sites is 1. The molecule has 0 atom stereocenters. The second-order valence-corrected chi connectivity index (χ2v) is 3.40. The maximum Gasteiger partial charge on any atom is 0.239 e. The molecule has 0 bridgehead atoms. The Morgan fingerprint density at radius 3 is 2.81 bits per heavy atom. The van der Waals surface area contributed by atoms with E-state index in [1.807, 2.05) is 31.2 Å². The van der Waals surface area contributed by atoms with Gasteiger partial charge in [0.25, 0.3) is 0 Å². The van der Waals surface area contributed by atoms with Gasteiger partial charge in [0, 0.05) is 24.9 Å². The highest BCUT2D eigenvalue weighted by atomic mass is 16.5. The number of carbonyl (C=O) groups excluding carboxylic acids is 1. The van der Waals surface area contributed by atoms with Crippen LogP contribution in [0.2, 0.25) is 0 Å².